The summed E-state index contributed by atoms with van der Waals surface area (Å²) in [5.74, 6) is -0.687. The second kappa shape index (κ2) is 8.63. The molecule has 0 atom stereocenters. The highest BCUT2D eigenvalue weighted by Gasteiger charge is 2.31. The predicted molar refractivity (Wildman–Crippen MR) is 103 cm³/mol. The molecule has 0 aliphatic rings. The zero-order valence-electron chi connectivity index (χ0n) is 15.6. The Morgan fingerprint density at radius 1 is 0.645 bits per heavy atom. The molecule has 3 nitrogen and oxygen atoms in total. The van der Waals surface area contributed by atoms with Gasteiger partial charge in [0.1, 0.15) is 5.84 Å². The van der Waals surface area contributed by atoms with Crippen molar-refractivity contribution in [1.82, 2.24) is 5.32 Å². The maximum atomic E-state index is 12.7. The molecular formula is C22H14F6N2O. The van der Waals surface area contributed by atoms with Crippen LogP contribution in [0.1, 0.15) is 27.0 Å². The normalized spacial score (nSPS) is 12.5. The summed E-state index contributed by atoms with van der Waals surface area (Å²) in [5, 5.41) is 2.51. The standard InChI is InChI=1S/C22H14F6N2O/c23-21(24,25)16-8-6-15(7-9-16)20(31)30-19(14-4-2-1-3-5-14)29-18-12-10-17(11-13-18)22(26,27)28/h1-13H,(H,29,30,31). The van der Waals surface area contributed by atoms with Gasteiger partial charge in [-0.2, -0.15) is 26.3 Å². The summed E-state index contributed by atoms with van der Waals surface area (Å²) in [6.45, 7) is 0. The number of hydrogen-bond donors (Lipinski definition) is 1. The first-order valence-corrected chi connectivity index (χ1v) is 8.84. The molecule has 0 saturated heterocycles. The van der Waals surface area contributed by atoms with Crippen LogP contribution < -0.4 is 5.32 Å². The molecule has 0 fully saturated rings. The summed E-state index contributed by atoms with van der Waals surface area (Å²) >= 11 is 0. The van der Waals surface area contributed by atoms with Crippen LogP contribution >= 0.6 is 0 Å². The Bertz CT molecular complexity index is 1070. The minimum absolute atomic E-state index is 0.0326. The Labute approximate surface area is 173 Å². The van der Waals surface area contributed by atoms with Gasteiger partial charge in [0.25, 0.3) is 5.91 Å². The van der Waals surface area contributed by atoms with Crippen LogP contribution in [0.5, 0.6) is 0 Å². The first-order valence-electron chi connectivity index (χ1n) is 8.84. The molecule has 9 heteroatoms. The Morgan fingerprint density at radius 2 is 1.13 bits per heavy atom. The summed E-state index contributed by atoms with van der Waals surface area (Å²) in [6, 6.07) is 15.9. The van der Waals surface area contributed by atoms with E-state index in [-0.39, 0.29) is 17.1 Å². The highest BCUT2D eigenvalue weighted by molar-refractivity contribution is 6.13. The third kappa shape index (κ3) is 5.71. The number of alkyl halides is 6. The highest BCUT2D eigenvalue weighted by Crippen LogP contribution is 2.31. The summed E-state index contributed by atoms with van der Waals surface area (Å²) in [7, 11) is 0. The second-order valence-corrected chi connectivity index (χ2v) is 6.40. The van der Waals surface area contributed by atoms with Crippen LogP contribution in [0.4, 0.5) is 32.0 Å². The van der Waals surface area contributed by atoms with Crippen molar-refractivity contribution in [3.8, 4) is 0 Å². The molecule has 0 bridgehead atoms. The van der Waals surface area contributed by atoms with Crippen molar-refractivity contribution < 1.29 is 31.1 Å². The lowest BCUT2D eigenvalue weighted by Gasteiger charge is -2.11. The van der Waals surface area contributed by atoms with Gasteiger partial charge in [0.2, 0.25) is 0 Å². The Morgan fingerprint density at radius 3 is 1.61 bits per heavy atom. The van der Waals surface area contributed by atoms with E-state index in [2.05, 4.69) is 10.3 Å². The summed E-state index contributed by atoms with van der Waals surface area (Å²) in [4.78, 5) is 16.8. The van der Waals surface area contributed by atoms with Gasteiger partial charge in [-0.25, -0.2) is 4.99 Å². The van der Waals surface area contributed by atoms with Crippen molar-refractivity contribution in [2.45, 2.75) is 12.4 Å². The number of rotatable bonds is 3. The number of benzene rings is 3. The molecule has 3 aromatic carbocycles. The van der Waals surface area contributed by atoms with E-state index in [1.807, 2.05) is 0 Å². The van der Waals surface area contributed by atoms with E-state index in [0.29, 0.717) is 5.56 Å². The van der Waals surface area contributed by atoms with Gasteiger partial charge in [-0.3, -0.25) is 4.79 Å². The van der Waals surface area contributed by atoms with Crippen LogP contribution in [0.15, 0.2) is 83.9 Å². The third-order valence-corrected chi connectivity index (χ3v) is 4.19. The molecule has 31 heavy (non-hydrogen) atoms. The molecule has 0 saturated carbocycles. The van der Waals surface area contributed by atoms with Crippen LogP contribution in [-0.2, 0) is 12.4 Å². The van der Waals surface area contributed by atoms with Crippen molar-refractivity contribution in [2.24, 2.45) is 4.99 Å². The zero-order valence-corrected chi connectivity index (χ0v) is 15.6. The second-order valence-electron chi connectivity index (χ2n) is 6.40. The molecule has 1 N–H and O–H groups in total. The first kappa shape index (κ1) is 22.1. The van der Waals surface area contributed by atoms with Gasteiger partial charge in [-0.05, 0) is 48.5 Å². The molecule has 1 amide bonds. The van der Waals surface area contributed by atoms with E-state index in [9.17, 15) is 31.1 Å². The van der Waals surface area contributed by atoms with Crippen molar-refractivity contribution in [3.05, 3.63) is 101 Å². The first-order chi connectivity index (χ1) is 14.5. The van der Waals surface area contributed by atoms with Crippen LogP contribution in [-0.4, -0.2) is 11.7 Å². The number of halogens is 6. The highest BCUT2D eigenvalue weighted by atomic mass is 19.4. The Kier molecular flexibility index (Phi) is 6.14. The molecule has 0 aliphatic carbocycles. The average Bonchev–Trinajstić information content (AvgIpc) is 2.73. The number of hydrogen-bond acceptors (Lipinski definition) is 2. The molecule has 0 spiro atoms. The SMILES string of the molecule is O=C(NC(=Nc1ccc(C(F)(F)F)cc1)c1ccccc1)c1ccc(C(F)(F)F)cc1. The molecule has 0 radical (unpaired) electrons. The average molecular weight is 436 g/mol. The Balaban J connectivity index is 1.90. The summed E-state index contributed by atoms with van der Waals surface area (Å²) in [5.41, 5.74) is -1.17. The number of nitrogens with one attached hydrogen (secondary N) is 1. The van der Waals surface area contributed by atoms with Gasteiger partial charge < -0.3 is 5.32 Å². The molecule has 0 aromatic heterocycles. The van der Waals surface area contributed by atoms with Crippen molar-refractivity contribution in [2.75, 3.05) is 0 Å². The van der Waals surface area contributed by atoms with Gasteiger partial charge in [-0.15, -0.1) is 0 Å². The molecular weight excluding hydrogens is 422 g/mol. The van der Waals surface area contributed by atoms with Crippen molar-refractivity contribution in [1.29, 1.82) is 0 Å². The number of nitrogens with zero attached hydrogens (tertiary/aromatic N) is 1. The van der Waals surface area contributed by atoms with Gasteiger partial charge in [0, 0.05) is 11.1 Å². The van der Waals surface area contributed by atoms with Crippen LogP contribution in [0, 0.1) is 0 Å². The zero-order chi connectivity index (χ0) is 22.6. The molecule has 3 aromatic rings. The number of carbonyl (C=O) groups is 1. The lowest BCUT2D eigenvalue weighted by molar-refractivity contribution is -0.138. The number of carbonyl (C=O) groups excluding carboxylic acids is 1. The van der Waals surface area contributed by atoms with E-state index in [1.165, 1.54) is 0 Å². The Hall–Kier alpha value is -3.62. The molecule has 0 unspecified atom stereocenters. The number of amidine groups is 1. The van der Waals surface area contributed by atoms with E-state index in [4.69, 9.17) is 0 Å². The van der Waals surface area contributed by atoms with Crippen LogP contribution in [0.3, 0.4) is 0 Å². The lowest BCUT2D eigenvalue weighted by Crippen LogP contribution is -2.31. The maximum Gasteiger partial charge on any atom is 0.416 e. The fraction of sp³-hybridized carbons (Fsp3) is 0.0909. The molecule has 0 aliphatic heterocycles. The van der Waals surface area contributed by atoms with Gasteiger partial charge in [0.05, 0.1) is 16.8 Å². The maximum absolute atomic E-state index is 12.7. The van der Waals surface area contributed by atoms with Crippen LogP contribution in [0.25, 0.3) is 0 Å². The van der Waals surface area contributed by atoms with E-state index < -0.39 is 29.4 Å². The summed E-state index contributed by atoms with van der Waals surface area (Å²) in [6.07, 6.45) is -9.03. The predicted octanol–water partition coefficient (Wildman–Crippen LogP) is 6.23. The largest absolute Gasteiger partial charge is 0.416 e. The van der Waals surface area contributed by atoms with Crippen LogP contribution in [0.2, 0.25) is 0 Å². The van der Waals surface area contributed by atoms with Gasteiger partial charge in [0.15, 0.2) is 0 Å². The van der Waals surface area contributed by atoms with Gasteiger partial charge in [-0.1, -0.05) is 30.3 Å². The smallest absolute Gasteiger partial charge is 0.306 e. The monoisotopic (exact) mass is 436 g/mol. The van der Waals surface area contributed by atoms with E-state index in [1.54, 1.807) is 30.3 Å². The lowest BCUT2D eigenvalue weighted by atomic mass is 10.1. The minimum atomic E-state index is -4.53. The van der Waals surface area contributed by atoms with Crippen molar-refractivity contribution >= 4 is 17.4 Å². The summed E-state index contributed by atoms with van der Waals surface area (Å²) < 4.78 is 76.4. The van der Waals surface area contributed by atoms with E-state index >= 15 is 0 Å². The fourth-order valence-electron chi connectivity index (χ4n) is 2.61. The number of aliphatic imine (C=N–C) groups is 1. The third-order valence-electron chi connectivity index (χ3n) is 4.19. The quantitative estimate of drug-likeness (QED) is 0.295. The van der Waals surface area contributed by atoms with Gasteiger partial charge >= 0.3 is 12.4 Å². The number of amides is 1. The molecule has 160 valence electrons. The molecule has 0 heterocycles. The topological polar surface area (TPSA) is 41.5 Å². The van der Waals surface area contributed by atoms with Crippen molar-refractivity contribution in [3.63, 3.8) is 0 Å². The fourth-order valence-corrected chi connectivity index (χ4v) is 2.61. The molecule has 3 rings (SSSR count). The van der Waals surface area contributed by atoms with E-state index in [0.717, 1.165) is 48.5 Å². The minimum Gasteiger partial charge on any atom is -0.306 e.